The fourth-order valence-corrected chi connectivity index (χ4v) is 4.33. The van der Waals surface area contributed by atoms with Crippen molar-refractivity contribution in [1.29, 1.82) is 0 Å². The van der Waals surface area contributed by atoms with Crippen LogP contribution in [0.4, 0.5) is 5.13 Å². The first-order valence-electron chi connectivity index (χ1n) is 8.14. The van der Waals surface area contributed by atoms with Gasteiger partial charge in [-0.3, -0.25) is 9.69 Å². The van der Waals surface area contributed by atoms with Gasteiger partial charge in [0, 0.05) is 13.7 Å². The molecule has 2 heterocycles. The SMILES string of the molecule is CN(CC(=O)N(CC1CCCO1)c1nc2c(Cl)cccc2s1)S(C)(=O)=O. The molecule has 0 N–H and O–H groups in total. The minimum atomic E-state index is -3.46. The Morgan fingerprint density at radius 2 is 2.23 bits per heavy atom. The monoisotopic (exact) mass is 417 g/mol. The van der Waals surface area contributed by atoms with E-state index in [9.17, 15) is 13.2 Å². The number of fused-ring (bicyclic) bond motifs is 1. The van der Waals surface area contributed by atoms with Gasteiger partial charge >= 0.3 is 0 Å². The number of thiazole rings is 1. The first-order valence-corrected chi connectivity index (χ1v) is 11.2. The van der Waals surface area contributed by atoms with Crippen molar-refractivity contribution in [2.75, 3.05) is 37.9 Å². The zero-order valence-corrected chi connectivity index (χ0v) is 16.9. The average molecular weight is 418 g/mol. The standard InChI is InChI=1S/C16H20ClN3O4S2/c1-19(26(2,22)23)10-14(21)20(9-11-5-4-8-24-11)16-18-15-12(17)6-3-7-13(15)25-16/h3,6-7,11H,4-5,8-10H2,1-2H3. The van der Waals surface area contributed by atoms with Gasteiger partial charge in [-0.25, -0.2) is 13.4 Å². The molecule has 3 rings (SSSR count). The summed E-state index contributed by atoms with van der Waals surface area (Å²) in [5.74, 6) is -0.344. The summed E-state index contributed by atoms with van der Waals surface area (Å²) in [5, 5.41) is 1.01. The van der Waals surface area contributed by atoms with Crippen molar-refractivity contribution in [2.45, 2.75) is 18.9 Å². The summed E-state index contributed by atoms with van der Waals surface area (Å²) >= 11 is 7.55. The lowest BCUT2D eigenvalue weighted by molar-refractivity contribution is -0.119. The number of carbonyl (C=O) groups excluding carboxylic acids is 1. The van der Waals surface area contributed by atoms with Crippen molar-refractivity contribution in [1.82, 2.24) is 9.29 Å². The fourth-order valence-electron chi connectivity index (χ4n) is 2.69. The molecule has 1 saturated heterocycles. The van der Waals surface area contributed by atoms with Crippen molar-refractivity contribution in [3.63, 3.8) is 0 Å². The molecule has 0 saturated carbocycles. The van der Waals surface area contributed by atoms with E-state index in [1.807, 2.05) is 12.1 Å². The van der Waals surface area contributed by atoms with E-state index in [0.29, 0.717) is 28.8 Å². The quantitative estimate of drug-likeness (QED) is 0.720. The highest BCUT2D eigenvalue weighted by atomic mass is 35.5. The van der Waals surface area contributed by atoms with Crippen molar-refractivity contribution in [3.05, 3.63) is 23.2 Å². The van der Waals surface area contributed by atoms with Crippen molar-refractivity contribution in [3.8, 4) is 0 Å². The van der Waals surface area contributed by atoms with Gasteiger partial charge in [-0.05, 0) is 25.0 Å². The molecule has 7 nitrogen and oxygen atoms in total. The smallest absolute Gasteiger partial charge is 0.244 e. The molecule has 10 heteroatoms. The van der Waals surface area contributed by atoms with Crippen LogP contribution in [0.1, 0.15) is 12.8 Å². The van der Waals surface area contributed by atoms with Gasteiger partial charge in [-0.1, -0.05) is 29.0 Å². The molecule has 1 aromatic carbocycles. The third-order valence-electron chi connectivity index (χ3n) is 4.22. The Hall–Kier alpha value is -1.26. The molecule has 0 spiro atoms. The van der Waals surface area contributed by atoms with Crippen molar-refractivity contribution >= 4 is 54.2 Å². The number of benzene rings is 1. The van der Waals surface area contributed by atoms with Gasteiger partial charge in [0.05, 0.1) is 35.2 Å². The number of nitrogens with zero attached hydrogens (tertiary/aromatic N) is 3. The summed E-state index contributed by atoms with van der Waals surface area (Å²) in [6, 6.07) is 5.47. The third-order valence-corrected chi connectivity index (χ3v) is 6.83. The predicted octanol–water partition coefficient (Wildman–Crippen LogP) is 2.35. The van der Waals surface area contributed by atoms with Crippen molar-refractivity contribution < 1.29 is 17.9 Å². The van der Waals surface area contributed by atoms with Gasteiger partial charge in [0.1, 0.15) is 5.52 Å². The summed E-state index contributed by atoms with van der Waals surface area (Å²) in [7, 11) is -2.07. The van der Waals surface area contributed by atoms with Gasteiger partial charge in [0.15, 0.2) is 5.13 Å². The van der Waals surface area contributed by atoms with Crippen LogP contribution >= 0.6 is 22.9 Å². The number of anilines is 1. The second-order valence-corrected chi connectivity index (χ2v) is 9.75. The average Bonchev–Trinajstić information content (AvgIpc) is 3.21. The van der Waals surface area contributed by atoms with E-state index in [-0.39, 0.29) is 18.6 Å². The van der Waals surface area contributed by atoms with Crippen LogP contribution in [-0.2, 0) is 19.6 Å². The highest BCUT2D eigenvalue weighted by Gasteiger charge is 2.28. The molecule has 1 amide bonds. The summed E-state index contributed by atoms with van der Waals surface area (Å²) in [5.41, 5.74) is 0.635. The topological polar surface area (TPSA) is 79.8 Å². The third kappa shape index (κ3) is 4.34. The van der Waals surface area contributed by atoms with E-state index < -0.39 is 10.0 Å². The lowest BCUT2D eigenvalue weighted by atomic mass is 10.2. The van der Waals surface area contributed by atoms with Crippen molar-refractivity contribution in [2.24, 2.45) is 0 Å². The molecule has 26 heavy (non-hydrogen) atoms. The molecule has 0 bridgehead atoms. The normalized spacial score (nSPS) is 17.9. The Kier molecular flexibility index (Phi) is 5.83. The first-order chi connectivity index (χ1) is 12.3. The number of sulfonamides is 1. The Bertz CT molecular complexity index is 909. The maximum Gasteiger partial charge on any atom is 0.244 e. The number of halogens is 1. The molecule has 142 valence electrons. The highest BCUT2D eigenvalue weighted by molar-refractivity contribution is 7.88. The molecule has 1 aliphatic rings. The van der Waals surface area contributed by atoms with Gasteiger partial charge in [0.25, 0.3) is 0 Å². The number of aromatic nitrogens is 1. The lowest BCUT2D eigenvalue weighted by Crippen LogP contribution is -2.44. The zero-order chi connectivity index (χ0) is 18.9. The number of ether oxygens (including phenoxy) is 1. The van der Waals surface area contributed by atoms with E-state index in [1.54, 1.807) is 6.07 Å². The van der Waals surface area contributed by atoms with E-state index >= 15 is 0 Å². The van der Waals surface area contributed by atoms with Crippen LogP contribution in [0.15, 0.2) is 18.2 Å². The number of hydrogen-bond donors (Lipinski definition) is 0. The molecular formula is C16H20ClN3O4S2. The van der Waals surface area contributed by atoms with Gasteiger partial charge in [-0.15, -0.1) is 0 Å². The molecule has 2 aromatic rings. The van der Waals surface area contributed by atoms with E-state index in [4.69, 9.17) is 16.3 Å². The van der Waals surface area contributed by atoms with Crippen LogP contribution in [0.25, 0.3) is 10.2 Å². The number of likely N-dealkylation sites (N-methyl/N-ethyl adjacent to an activating group) is 1. The second kappa shape index (κ2) is 7.77. The van der Waals surface area contributed by atoms with E-state index in [1.165, 1.54) is 23.3 Å². The molecule has 0 radical (unpaired) electrons. The number of carbonyl (C=O) groups is 1. The molecule has 1 fully saturated rings. The van der Waals surface area contributed by atoms with Gasteiger partial charge in [-0.2, -0.15) is 4.31 Å². The Morgan fingerprint density at radius 1 is 1.46 bits per heavy atom. The minimum Gasteiger partial charge on any atom is -0.376 e. The molecule has 1 aromatic heterocycles. The lowest BCUT2D eigenvalue weighted by Gasteiger charge is -2.25. The maximum atomic E-state index is 12.8. The van der Waals surface area contributed by atoms with Crippen LogP contribution in [0, 0.1) is 0 Å². The number of hydrogen-bond acceptors (Lipinski definition) is 6. The van der Waals surface area contributed by atoms with Crippen LogP contribution in [-0.4, -0.2) is 62.7 Å². The number of para-hydroxylation sites is 1. The summed E-state index contributed by atoms with van der Waals surface area (Å²) in [4.78, 5) is 18.9. The Balaban J connectivity index is 1.91. The van der Waals surface area contributed by atoms with Crippen LogP contribution in [0.5, 0.6) is 0 Å². The summed E-state index contributed by atoms with van der Waals surface area (Å²) in [6.07, 6.45) is 2.80. The van der Waals surface area contributed by atoms with Crippen LogP contribution in [0.3, 0.4) is 0 Å². The Labute approximate surface area is 161 Å². The second-order valence-electron chi connectivity index (χ2n) is 6.24. The molecule has 1 aliphatic heterocycles. The fraction of sp³-hybridized carbons (Fsp3) is 0.500. The summed E-state index contributed by atoms with van der Waals surface area (Å²) < 4.78 is 30.9. The Morgan fingerprint density at radius 3 is 2.85 bits per heavy atom. The van der Waals surface area contributed by atoms with E-state index in [0.717, 1.165) is 28.1 Å². The minimum absolute atomic E-state index is 0.0787. The van der Waals surface area contributed by atoms with Crippen LogP contribution < -0.4 is 4.90 Å². The van der Waals surface area contributed by atoms with Gasteiger partial charge < -0.3 is 4.74 Å². The summed E-state index contributed by atoms with van der Waals surface area (Å²) in [6.45, 7) is 0.755. The molecule has 0 aliphatic carbocycles. The highest BCUT2D eigenvalue weighted by Crippen LogP contribution is 2.33. The van der Waals surface area contributed by atoms with E-state index in [2.05, 4.69) is 4.98 Å². The predicted molar refractivity (Wildman–Crippen MR) is 103 cm³/mol. The number of rotatable bonds is 6. The van der Waals surface area contributed by atoms with Crippen LogP contribution in [0.2, 0.25) is 5.02 Å². The zero-order valence-electron chi connectivity index (χ0n) is 14.5. The number of amides is 1. The largest absolute Gasteiger partial charge is 0.376 e. The molecule has 1 unspecified atom stereocenters. The maximum absolute atomic E-state index is 12.8. The molecular weight excluding hydrogens is 398 g/mol. The van der Waals surface area contributed by atoms with Gasteiger partial charge in [0.2, 0.25) is 15.9 Å². The first kappa shape index (κ1) is 19.5. The molecule has 1 atom stereocenters.